The van der Waals surface area contributed by atoms with Crippen LogP contribution in [0.5, 0.6) is 5.75 Å². The van der Waals surface area contributed by atoms with Gasteiger partial charge >= 0.3 is 0 Å². The van der Waals surface area contributed by atoms with Gasteiger partial charge in [0.15, 0.2) is 11.9 Å². The van der Waals surface area contributed by atoms with Gasteiger partial charge < -0.3 is 15.0 Å². The van der Waals surface area contributed by atoms with Crippen LogP contribution in [0.1, 0.15) is 41.7 Å². The topological polar surface area (TPSA) is 76.5 Å². The maximum absolute atomic E-state index is 13.2. The van der Waals surface area contributed by atoms with Crippen molar-refractivity contribution in [3.8, 4) is 5.75 Å². The highest BCUT2D eigenvalue weighted by Gasteiger charge is 2.35. The third-order valence-electron chi connectivity index (χ3n) is 4.79. The number of nitrogens with one attached hydrogen (secondary N) is 1. The van der Waals surface area contributed by atoms with Crippen molar-refractivity contribution in [2.24, 2.45) is 7.05 Å². The lowest BCUT2D eigenvalue weighted by Crippen LogP contribution is -2.36. The highest BCUT2D eigenvalue weighted by molar-refractivity contribution is 6.04. The summed E-state index contributed by atoms with van der Waals surface area (Å²) in [7, 11) is 1.87. The Bertz CT molecular complexity index is 845. The SMILES string of the molecule is C[C@@H]1Oc2c(cccc2C(=O)N2CCC[C@H]2c2cnn(C)c2)NC1=O. The van der Waals surface area contributed by atoms with Crippen LogP contribution in [0, 0.1) is 0 Å². The molecular weight excluding hydrogens is 320 g/mol. The Balaban J connectivity index is 1.67. The molecule has 3 heterocycles. The van der Waals surface area contributed by atoms with Gasteiger partial charge in [-0.1, -0.05) is 6.07 Å². The molecule has 0 radical (unpaired) electrons. The number of rotatable bonds is 2. The Morgan fingerprint density at radius 1 is 1.40 bits per heavy atom. The number of hydrogen-bond donors (Lipinski definition) is 1. The van der Waals surface area contributed by atoms with Crippen LogP contribution in [0.25, 0.3) is 0 Å². The van der Waals surface area contributed by atoms with Crippen molar-refractivity contribution in [1.29, 1.82) is 0 Å². The zero-order chi connectivity index (χ0) is 17.6. The van der Waals surface area contributed by atoms with E-state index in [0.29, 0.717) is 23.5 Å². The minimum absolute atomic E-state index is 0.0210. The Morgan fingerprint density at radius 3 is 3.00 bits per heavy atom. The molecule has 25 heavy (non-hydrogen) atoms. The molecule has 1 N–H and O–H groups in total. The van der Waals surface area contributed by atoms with Gasteiger partial charge in [-0.05, 0) is 31.9 Å². The van der Waals surface area contributed by atoms with E-state index < -0.39 is 6.10 Å². The van der Waals surface area contributed by atoms with Gasteiger partial charge in [-0.2, -0.15) is 5.10 Å². The minimum Gasteiger partial charge on any atom is -0.478 e. The van der Waals surface area contributed by atoms with Gasteiger partial charge in [0, 0.05) is 25.4 Å². The molecule has 2 amide bonds. The number of aromatic nitrogens is 2. The molecule has 2 aromatic rings. The molecule has 1 saturated heterocycles. The molecule has 7 heteroatoms. The van der Waals surface area contributed by atoms with Crippen molar-refractivity contribution in [2.45, 2.75) is 31.9 Å². The fraction of sp³-hybridized carbons (Fsp3) is 0.389. The minimum atomic E-state index is -0.617. The molecule has 0 spiro atoms. The zero-order valence-corrected chi connectivity index (χ0v) is 14.2. The largest absolute Gasteiger partial charge is 0.478 e. The predicted molar refractivity (Wildman–Crippen MR) is 91.4 cm³/mol. The first kappa shape index (κ1) is 15.7. The van der Waals surface area contributed by atoms with E-state index in [9.17, 15) is 9.59 Å². The van der Waals surface area contributed by atoms with Crippen LogP contribution < -0.4 is 10.1 Å². The number of ether oxygens (including phenoxy) is 1. The first-order chi connectivity index (χ1) is 12.0. The molecule has 2 aliphatic heterocycles. The molecule has 7 nitrogen and oxygen atoms in total. The number of para-hydroxylation sites is 1. The second-order valence-corrected chi connectivity index (χ2v) is 6.54. The lowest BCUT2D eigenvalue weighted by molar-refractivity contribution is -0.122. The lowest BCUT2D eigenvalue weighted by atomic mass is 10.1. The van der Waals surface area contributed by atoms with Gasteiger partial charge in [-0.15, -0.1) is 0 Å². The molecular formula is C18H20N4O3. The molecule has 2 aliphatic rings. The second-order valence-electron chi connectivity index (χ2n) is 6.54. The van der Waals surface area contributed by atoms with Crippen LogP contribution in [0.15, 0.2) is 30.6 Å². The van der Waals surface area contributed by atoms with Crippen LogP contribution in [-0.4, -0.2) is 39.1 Å². The number of carbonyl (C=O) groups excluding carboxylic acids is 2. The van der Waals surface area contributed by atoms with E-state index in [1.54, 1.807) is 29.8 Å². The Labute approximate surface area is 145 Å². The molecule has 2 atom stereocenters. The maximum atomic E-state index is 13.2. The Hall–Kier alpha value is -2.83. The number of benzene rings is 1. The van der Waals surface area contributed by atoms with E-state index in [1.165, 1.54) is 0 Å². The van der Waals surface area contributed by atoms with Crippen molar-refractivity contribution in [1.82, 2.24) is 14.7 Å². The normalized spacial score (nSPS) is 22.3. The van der Waals surface area contributed by atoms with E-state index in [1.807, 2.05) is 24.3 Å². The third kappa shape index (κ3) is 2.65. The van der Waals surface area contributed by atoms with Crippen LogP contribution in [0.4, 0.5) is 5.69 Å². The summed E-state index contributed by atoms with van der Waals surface area (Å²) in [5, 5.41) is 7.02. The number of hydrogen-bond acceptors (Lipinski definition) is 4. The summed E-state index contributed by atoms with van der Waals surface area (Å²) in [6.45, 7) is 2.37. The monoisotopic (exact) mass is 340 g/mol. The maximum Gasteiger partial charge on any atom is 0.265 e. The van der Waals surface area contributed by atoms with Gasteiger partial charge in [0.2, 0.25) is 0 Å². The number of aryl methyl sites for hydroxylation is 1. The number of amides is 2. The smallest absolute Gasteiger partial charge is 0.265 e. The fourth-order valence-corrected chi connectivity index (χ4v) is 3.52. The van der Waals surface area contributed by atoms with E-state index in [2.05, 4.69) is 10.4 Å². The highest BCUT2D eigenvalue weighted by Crippen LogP contribution is 2.38. The van der Waals surface area contributed by atoms with Gasteiger partial charge in [-0.3, -0.25) is 14.3 Å². The summed E-state index contributed by atoms with van der Waals surface area (Å²) in [5.41, 5.74) is 2.08. The molecule has 4 rings (SSSR count). The number of fused-ring (bicyclic) bond motifs is 1. The van der Waals surface area contributed by atoms with Gasteiger partial charge in [0.1, 0.15) is 0 Å². The van der Waals surface area contributed by atoms with Crippen molar-refractivity contribution in [2.75, 3.05) is 11.9 Å². The second kappa shape index (κ2) is 5.91. The Morgan fingerprint density at radius 2 is 2.24 bits per heavy atom. The zero-order valence-electron chi connectivity index (χ0n) is 14.2. The standard InChI is InChI=1S/C18H20N4O3/c1-11-17(23)20-14-6-3-5-13(16(14)25-11)18(24)22-8-4-7-15(22)12-9-19-21(2)10-12/h3,5-6,9-11,15H,4,7-8H2,1-2H3,(H,20,23)/t11-,15-/m0/s1. The molecule has 130 valence electrons. The van der Waals surface area contributed by atoms with Gasteiger partial charge in [-0.25, -0.2) is 0 Å². The average Bonchev–Trinajstić information content (AvgIpc) is 3.23. The third-order valence-corrected chi connectivity index (χ3v) is 4.79. The summed E-state index contributed by atoms with van der Waals surface area (Å²) in [4.78, 5) is 26.9. The number of anilines is 1. The van der Waals surface area contributed by atoms with Gasteiger partial charge in [0.25, 0.3) is 11.8 Å². The summed E-state index contributed by atoms with van der Waals surface area (Å²) in [6, 6.07) is 5.29. The summed E-state index contributed by atoms with van der Waals surface area (Å²) in [5.74, 6) is 0.175. The first-order valence-corrected chi connectivity index (χ1v) is 8.44. The van der Waals surface area contributed by atoms with Crippen molar-refractivity contribution >= 4 is 17.5 Å². The lowest BCUT2D eigenvalue weighted by Gasteiger charge is -2.28. The highest BCUT2D eigenvalue weighted by atomic mass is 16.5. The quantitative estimate of drug-likeness (QED) is 0.908. The molecule has 1 aromatic carbocycles. The van der Waals surface area contributed by atoms with E-state index in [4.69, 9.17) is 4.74 Å². The molecule has 0 unspecified atom stereocenters. The van der Waals surface area contributed by atoms with Crippen molar-refractivity contribution < 1.29 is 14.3 Å². The molecule has 0 saturated carbocycles. The number of likely N-dealkylation sites (tertiary alicyclic amines) is 1. The van der Waals surface area contributed by atoms with Gasteiger partial charge in [0.05, 0.1) is 23.5 Å². The van der Waals surface area contributed by atoms with E-state index in [0.717, 1.165) is 18.4 Å². The van der Waals surface area contributed by atoms with Crippen LogP contribution in [-0.2, 0) is 11.8 Å². The summed E-state index contributed by atoms with van der Waals surface area (Å²) in [6.07, 6.45) is 5.02. The molecule has 0 bridgehead atoms. The van der Waals surface area contributed by atoms with E-state index in [-0.39, 0.29) is 17.9 Å². The van der Waals surface area contributed by atoms with Crippen LogP contribution in [0.3, 0.4) is 0 Å². The fourth-order valence-electron chi connectivity index (χ4n) is 3.52. The van der Waals surface area contributed by atoms with E-state index >= 15 is 0 Å². The number of nitrogens with zero attached hydrogens (tertiary/aromatic N) is 3. The Kier molecular flexibility index (Phi) is 3.71. The number of carbonyl (C=O) groups is 2. The van der Waals surface area contributed by atoms with Crippen LogP contribution in [0.2, 0.25) is 0 Å². The summed E-state index contributed by atoms with van der Waals surface area (Å²) < 4.78 is 7.48. The van der Waals surface area contributed by atoms with Crippen LogP contribution >= 0.6 is 0 Å². The molecule has 0 aliphatic carbocycles. The molecule has 1 fully saturated rings. The summed E-state index contributed by atoms with van der Waals surface area (Å²) >= 11 is 0. The van der Waals surface area contributed by atoms with Crippen molar-refractivity contribution in [3.05, 3.63) is 41.7 Å². The average molecular weight is 340 g/mol. The predicted octanol–water partition coefficient (Wildman–Crippen LogP) is 2.12. The van der Waals surface area contributed by atoms with Crippen molar-refractivity contribution in [3.63, 3.8) is 0 Å². The first-order valence-electron chi connectivity index (χ1n) is 8.44. The molecule has 1 aromatic heterocycles.